The first kappa shape index (κ1) is 21.9. The molecule has 0 aromatic heterocycles. The molecule has 0 spiro atoms. The maximum absolute atomic E-state index is 10.7. The van der Waals surface area contributed by atoms with E-state index in [1.807, 2.05) is 13.0 Å². The van der Waals surface area contributed by atoms with E-state index in [4.69, 9.17) is 0 Å². The molecule has 0 bridgehead atoms. The zero-order chi connectivity index (χ0) is 22.0. The molecule has 4 rings (SSSR count). The highest BCUT2D eigenvalue weighted by molar-refractivity contribution is 5.51. The molecule has 4 unspecified atom stereocenters. The van der Waals surface area contributed by atoms with E-state index in [1.165, 1.54) is 68.1 Å². The number of hydrogen-bond donors (Lipinski definition) is 1. The molecule has 1 fully saturated rings. The van der Waals surface area contributed by atoms with Gasteiger partial charge in [0.05, 0.1) is 11.6 Å². The van der Waals surface area contributed by atoms with E-state index in [0.29, 0.717) is 23.7 Å². The molecule has 164 valence electrons. The van der Waals surface area contributed by atoms with E-state index >= 15 is 0 Å². The Morgan fingerprint density at radius 2 is 1.90 bits per heavy atom. The van der Waals surface area contributed by atoms with Crippen LogP contribution in [0.2, 0.25) is 0 Å². The molecular weight excluding hydrogens is 378 g/mol. The molecule has 0 aliphatic heterocycles. The minimum absolute atomic E-state index is 0.339. The lowest BCUT2D eigenvalue weighted by Crippen LogP contribution is -2.28. The molecule has 2 aliphatic rings. The normalized spacial score (nSPS) is 26.0. The lowest BCUT2D eigenvalue weighted by atomic mass is 9.66. The van der Waals surface area contributed by atoms with Crippen LogP contribution in [-0.2, 0) is 12.8 Å². The molecule has 1 N–H and O–H groups in total. The molecule has 0 radical (unpaired) electrons. The van der Waals surface area contributed by atoms with Crippen LogP contribution in [0.4, 0.5) is 0 Å². The van der Waals surface area contributed by atoms with Crippen molar-refractivity contribution in [2.24, 2.45) is 17.8 Å². The zero-order valence-corrected chi connectivity index (χ0v) is 19.5. The lowest BCUT2D eigenvalue weighted by Gasteiger charge is -2.39. The van der Waals surface area contributed by atoms with Crippen LogP contribution in [0.15, 0.2) is 30.3 Å². The molecular formula is C29H37NO. The van der Waals surface area contributed by atoms with Crippen LogP contribution in [0.1, 0.15) is 98.1 Å². The van der Waals surface area contributed by atoms with Gasteiger partial charge in [-0.25, -0.2) is 0 Å². The first-order valence-corrected chi connectivity index (χ1v) is 12.3. The number of phenolic OH excluding ortho intramolecular Hbond substituents is 1. The van der Waals surface area contributed by atoms with Crippen molar-refractivity contribution < 1.29 is 5.11 Å². The fraction of sp³-hybridized carbons (Fsp3) is 0.552. The predicted molar refractivity (Wildman–Crippen MR) is 127 cm³/mol. The molecule has 2 aliphatic carbocycles. The number of hydrogen-bond acceptors (Lipinski definition) is 2. The van der Waals surface area contributed by atoms with Gasteiger partial charge in [-0.05, 0) is 89.8 Å². The van der Waals surface area contributed by atoms with Gasteiger partial charge in [0, 0.05) is 6.42 Å². The topological polar surface area (TPSA) is 44.0 Å². The highest BCUT2D eigenvalue weighted by Crippen LogP contribution is 2.47. The summed E-state index contributed by atoms with van der Waals surface area (Å²) in [5.74, 6) is 3.42. The molecule has 2 heteroatoms. The first-order chi connectivity index (χ1) is 15.0. The van der Waals surface area contributed by atoms with Crippen LogP contribution >= 0.6 is 0 Å². The Labute approximate surface area is 188 Å². The minimum atomic E-state index is 0.339. The largest absolute Gasteiger partial charge is 0.507 e. The zero-order valence-electron chi connectivity index (χ0n) is 19.5. The van der Waals surface area contributed by atoms with Gasteiger partial charge in [0.1, 0.15) is 5.75 Å². The third kappa shape index (κ3) is 4.52. The second-order valence-electron chi connectivity index (χ2n) is 10.1. The van der Waals surface area contributed by atoms with Crippen molar-refractivity contribution >= 4 is 0 Å². The number of nitrogens with zero attached hydrogens (tertiary/aromatic N) is 1. The van der Waals surface area contributed by atoms with Crippen LogP contribution in [0.5, 0.6) is 5.75 Å². The van der Waals surface area contributed by atoms with Gasteiger partial charge in [0.15, 0.2) is 0 Å². The number of benzene rings is 2. The Morgan fingerprint density at radius 1 is 1.10 bits per heavy atom. The Morgan fingerprint density at radius 3 is 2.68 bits per heavy atom. The molecule has 2 nitrogen and oxygen atoms in total. The molecule has 1 saturated carbocycles. The minimum Gasteiger partial charge on any atom is -0.507 e. The van der Waals surface area contributed by atoms with Crippen molar-refractivity contribution in [2.45, 2.75) is 84.5 Å². The fourth-order valence-corrected chi connectivity index (χ4v) is 6.57. The Balaban J connectivity index is 1.65. The molecule has 0 heterocycles. The quantitative estimate of drug-likeness (QED) is 0.527. The van der Waals surface area contributed by atoms with Gasteiger partial charge in [-0.15, -0.1) is 0 Å². The number of rotatable bonds is 4. The second kappa shape index (κ2) is 9.47. The average molecular weight is 416 g/mol. The average Bonchev–Trinajstić information content (AvgIpc) is 3.02. The van der Waals surface area contributed by atoms with E-state index in [-0.39, 0.29) is 0 Å². The first-order valence-electron chi connectivity index (χ1n) is 12.3. The number of aromatic hydroxyl groups is 1. The third-order valence-corrected chi connectivity index (χ3v) is 8.28. The van der Waals surface area contributed by atoms with E-state index in [2.05, 4.69) is 38.1 Å². The van der Waals surface area contributed by atoms with Crippen molar-refractivity contribution in [3.05, 3.63) is 63.7 Å². The van der Waals surface area contributed by atoms with Crippen LogP contribution in [-0.4, -0.2) is 5.11 Å². The molecule has 2 aromatic rings. The summed E-state index contributed by atoms with van der Waals surface area (Å²) in [5, 5.41) is 20.1. The maximum atomic E-state index is 10.7. The lowest BCUT2D eigenvalue weighted by molar-refractivity contribution is 0.212. The summed E-state index contributed by atoms with van der Waals surface area (Å²) in [6, 6.07) is 12.6. The standard InChI is InChI=1S/C29H37NO/c1-4-21-8-5-6-9-24(15-21)27-13-12-23-10-7-11-25(28(23)20(27)3)17-26-16-22(18-30)14-19(2)29(26)31/h7,10-11,14,16,20-21,24,27,31H,4-6,8-9,12-13,15,17H2,1-3H3. The Bertz CT molecular complexity index is 969. The second-order valence-corrected chi connectivity index (χ2v) is 10.1. The van der Waals surface area contributed by atoms with Crippen molar-refractivity contribution in [3.8, 4) is 11.8 Å². The SMILES string of the molecule is CCC1CCCCC(C2CCc3cccc(Cc4cc(C#N)cc(C)c4O)c3C2C)C1. The van der Waals surface area contributed by atoms with E-state index in [0.717, 1.165) is 28.9 Å². The van der Waals surface area contributed by atoms with Gasteiger partial charge in [-0.1, -0.05) is 64.2 Å². The Hall–Kier alpha value is -2.27. The number of fused-ring (bicyclic) bond motifs is 1. The maximum Gasteiger partial charge on any atom is 0.122 e. The van der Waals surface area contributed by atoms with Gasteiger partial charge in [-0.2, -0.15) is 5.26 Å². The van der Waals surface area contributed by atoms with E-state index < -0.39 is 0 Å². The summed E-state index contributed by atoms with van der Waals surface area (Å²) in [6.07, 6.45) is 11.5. The summed E-state index contributed by atoms with van der Waals surface area (Å²) in [7, 11) is 0. The fourth-order valence-electron chi connectivity index (χ4n) is 6.57. The van der Waals surface area contributed by atoms with E-state index in [9.17, 15) is 10.4 Å². The van der Waals surface area contributed by atoms with E-state index in [1.54, 1.807) is 6.07 Å². The summed E-state index contributed by atoms with van der Waals surface area (Å²) in [6.45, 7) is 6.71. The Kier molecular flexibility index (Phi) is 6.71. The van der Waals surface area contributed by atoms with Crippen LogP contribution in [0, 0.1) is 36.0 Å². The van der Waals surface area contributed by atoms with Crippen molar-refractivity contribution in [1.82, 2.24) is 0 Å². The third-order valence-electron chi connectivity index (χ3n) is 8.28. The summed E-state index contributed by atoms with van der Waals surface area (Å²) < 4.78 is 0. The number of nitriles is 1. The van der Waals surface area contributed by atoms with Crippen molar-refractivity contribution in [2.75, 3.05) is 0 Å². The van der Waals surface area contributed by atoms with Gasteiger partial charge in [-0.3, -0.25) is 0 Å². The highest BCUT2D eigenvalue weighted by atomic mass is 16.3. The van der Waals surface area contributed by atoms with Gasteiger partial charge in [0.2, 0.25) is 0 Å². The molecule has 2 aromatic carbocycles. The monoisotopic (exact) mass is 415 g/mol. The smallest absolute Gasteiger partial charge is 0.122 e. The molecule has 0 amide bonds. The molecule has 4 atom stereocenters. The summed E-state index contributed by atoms with van der Waals surface area (Å²) in [4.78, 5) is 0. The predicted octanol–water partition coefficient (Wildman–Crippen LogP) is 7.44. The molecule has 31 heavy (non-hydrogen) atoms. The highest BCUT2D eigenvalue weighted by Gasteiger charge is 2.35. The molecule has 0 saturated heterocycles. The number of aryl methyl sites for hydroxylation is 2. The van der Waals surface area contributed by atoms with Gasteiger partial charge in [0.25, 0.3) is 0 Å². The number of phenols is 1. The summed E-state index contributed by atoms with van der Waals surface area (Å²) >= 11 is 0. The van der Waals surface area contributed by atoms with Gasteiger partial charge < -0.3 is 5.11 Å². The van der Waals surface area contributed by atoms with Crippen LogP contribution in [0.25, 0.3) is 0 Å². The van der Waals surface area contributed by atoms with Crippen LogP contribution in [0.3, 0.4) is 0 Å². The summed E-state index contributed by atoms with van der Waals surface area (Å²) in [5.41, 5.74) is 6.64. The van der Waals surface area contributed by atoms with Gasteiger partial charge >= 0.3 is 0 Å². The van der Waals surface area contributed by atoms with Crippen LogP contribution < -0.4 is 0 Å². The van der Waals surface area contributed by atoms with Crippen molar-refractivity contribution in [1.29, 1.82) is 5.26 Å². The van der Waals surface area contributed by atoms with Crippen molar-refractivity contribution in [3.63, 3.8) is 0 Å².